The number of nitrogens with one attached hydrogen (secondary N) is 2. The van der Waals surface area contributed by atoms with Gasteiger partial charge in [0.15, 0.2) is 0 Å². The van der Waals surface area contributed by atoms with Gasteiger partial charge < -0.3 is 10.2 Å². The maximum atomic E-state index is 12.1. The molecule has 1 fully saturated rings. The average Bonchev–Trinajstić information content (AvgIpc) is 3.15. The Balaban J connectivity index is 1.52. The van der Waals surface area contributed by atoms with Crippen LogP contribution in [0.15, 0.2) is 47.4 Å². The number of para-hydroxylation sites is 1. The summed E-state index contributed by atoms with van der Waals surface area (Å²) < 4.78 is 0. The molecule has 2 aromatic heterocycles. The first kappa shape index (κ1) is 14.7. The number of hydrogen-bond donors (Lipinski definition) is 2. The van der Waals surface area contributed by atoms with E-state index in [1.165, 1.54) is 12.8 Å². The topological polar surface area (TPSA) is 73.9 Å². The van der Waals surface area contributed by atoms with Crippen molar-refractivity contribution in [3.8, 4) is 0 Å². The van der Waals surface area contributed by atoms with Gasteiger partial charge in [0, 0.05) is 25.8 Å². The van der Waals surface area contributed by atoms with Crippen molar-refractivity contribution < 1.29 is 0 Å². The molecule has 1 aromatic carbocycles. The molecule has 0 saturated carbocycles. The first-order valence-electron chi connectivity index (χ1n) is 8.22. The second-order valence-corrected chi connectivity index (χ2v) is 6.00. The first-order chi connectivity index (χ1) is 11.8. The number of nitrogens with zero attached hydrogens (tertiary/aromatic N) is 3. The molecule has 2 N–H and O–H groups in total. The zero-order valence-electron chi connectivity index (χ0n) is 13.3. The zero-order chi connectivity index (χ0) is 16.4. The number of benzene rings is 1. The van der Waals surface area contributed by atoms with Gasteiger partial charge in [-0.15, -0.1) is 0 Å². The Morgan fingerprint density at radius 3 is 2.88 bits per heavy atom. The molecule has 0 atom stereocenters. The first-order valence-corrected chi connectivity index (χ1v) is 8.22. The molecule has 1 saturated heterocycles. The lowest BCUT2D eigenvalue weighted by atomic mass is 10.2. The summed E-state index contributed by atoms with van der Waals surface area (Å²) in [5.74, 6) is 1.50. The highest BCUT2D eigenvalue weighted by molar-refractivity contribution is 5.78. The Morgan fingerprint density at radius 2 is 2.00 bits per heavy atom. The molecule has 0 radical (unpaired) electrons. The lowest BCUT2D eigenvalue weighted by molar-refractivity contribution is 0.930. The van der Waals surface area contributed by atoms with Gasteiger partial charge in [-0.05, 0) is 42.7 Å². The molecule has 1 aliphatic rings. The van der Waals surface area contributed by atoms with Gasteiger partial charge in [-0.3, -0.25) is 9.78 Å². The molecule has 0 unspecified atom stereocenters. The summed E-state index contributed by atoms with van der Waals surface area (Å²) in [6, 6.07) is 11.4. The lowest BCUT2D eigenvalue weighted by Gasteiger charge is -2.17. The maximum Gasteiger partial charge on any atom is 0.260 e. The summed E-state index contributed by atoms with van der Waals surface area (Å²) in [5, 5.41) is 3.80. The Bertz CT molecular complexity index is 914. The van der Waals surface area contributed by atoms with E-state index in [4.69, 9.17) is 0 Å². The monoisotopic (exact) mass is 321 g/mol. The summed E-state index contributed by atoms with van der Waals surface area (Å²) in [5.41, 5.74) is 1.68. The van der Waals surface area contributed by atoms with Crippen LogP contribution in [-0.2, 0) is 6.54 Å². The van der Waals surface area contributed by atoms with Crippen LogP contribution in [0.5, 0.6) is 0 Å². The van der Waals surface area contributed by atoms with Gasteiger partial charge in [0.25, 0.3) is 5.56 Å². The van der Waals surface area contributed by atoms with Crippen molar-refractivity contribution in [3.63, 3.8) is 0 Å². The number of pyridine rings is 1. The number of rotatable bonds is 4. The standard InChI is InChI=1S/C18H19N5O/c24-17-14-5-1-2-6-15(14)21-18(22-17)20-12-13-7-8-19-16(11-13)23-9-3-4-10-23/h1-2,5-8,11H,3-4,9-10,12H2,(H2,20,21,22,24). The van der Waals surface area contributed by atoms with Crippen molar-refractivity contribution in [2.75, 3.05) is 23.3 Å². The SMILES string of the molecule is O=c1[nH]c(NCc2ccnc(N3CCCC3)c2)nc2ccccc12. The summed E-state index contributed by atoms with van der Waals surface area (Å²) in [6.07, 6.45) is 4.29. The van der Waals surface area contributed by atoms with Gasteiger partial charge in [-0.1, -0.05) is 12.1 Å². The Hall–Kier alpha value is -2.89. The largest absolute Gasteiger partial charge is 0.357 e. The third kappa shape index (κ3) is 2.95. The smallest absolute Gasteiger partial charge is 0.260 e. The van der Waals surface area contributed by atoms with Crippen LogP contribution >= 0.6 is 0 Å². The van der Waals surface area contributed by atoms with E-state index in [1.54, 1.807) is 6.07 Å². The van der Waals surface area contributed by atoms with Gasteiger partial charge in [0.2, 0.25) is 5.95 Å². The van der Waals surface area contributed by atoms with E-state index in [-0.39, 0.29) is 5.56 Å². The fourth-order valence-corrected chi connectivity index (χ4v) is 3.05. The summed E-state index contributed by atoms with van der Waals surface area (Å²) >= 11 is 0. The van der Waals surface area contributed by atoms with E-state index in [2.05, 4.69) is 31.2 Å². The molecule has 4 rings (SSSR count). The van der Waals surface area contributed by atoms with Gasteiger partial charge in [-0.25, -0.2) is 9.97 Å². The number of H-pyrrole nitrogens is 1. The molecular weight excluding hydrogens is 302 g/mol. The Kier molecular flexibility index (Phi) is 3.86. The second kappa shape index (κ2) is 6.31. The number of hydrogen-bond acceptors (Lipinski definition) is 5. The summed E-state index contributed by atoms with van der Waals surface area (Å²) in [6.45, 7) is 2.73. The zero-order valence-corrected chi connectivity index (χ0v) is 13.3. The number of aromatic amines is 1. The highest BCUT2D eigenvalue weighted by Gasteiger charge is 2.13. The minimum Gasteiger partial charge on any atom is -0.357 e. The number of aromatic nitrogens is 3. The van der Waals surface area contributed by atoms with Crippen molar-refractivity contribution in [3.05, 3.63) is 58.5 Å². The van der Waals surface area contributed by atoms with Crippen LogP contribution in [0.25, 0.3) is 10.9 Å². The third-order valence-corrected chi connectivity index (χ3v) is 4.31. The van der Waals surface area contributed by atoms with Crippen LogP contribution in [0.3, 0.4) is 0 Å². The van der Waals surface area contributed by atoms with E-state index < -0.39 is 0 Å². The molecule has 0 aliphatic carbocycles. The summed E-state index contributed by atoms with van der Waals surface area (Å²) in [7, 11) is 0. The van der Waals surface area contributed by atoms with Crippen LogP contribution in [0.4, 0.5) is 11.8 Å². The molecular formula is C18H19N5O. The molecule has 6 nitrogen and oxygen atoms in total. The van der Waals surface area contributed by atoms with E-state index in [0.717, 1.165) is 24.5 Å². The van der Waals surface area contributed by atoms with Crippen molar-refractivity contribution in [1.82, 2.24) is 15.0 Å². The van der Waals surface area contributed by atoms with E-state index in [0.29, 0.717) is 23.4 Å². The average molecular weight is 321 g/mol. The molecule has 3 aromatic rings. The predicted octanol–water partition coefficient (Wildman–Crippen LogP) is 2.53. The van der Waals surface area contributed by atoms with Crippen molar-refractivity contribution in [1.29, 1.82) is 0 Å². The minimum absolute atomic E-state index is 0.129. The lowest BCUT2D eigenvalue weighted by Crippen LogP contribution is -2.19. The van der Waals surface area contributed by atoms with E-state index >= 15 is 0 Å². The Labute approximate surface area is 139 Å². The van der Waals surface area contributed by atoms with Crippen LogP contribution in [0, 0.1) is 0 Å². The quantitative estimate of drug-likeness (QED) is 0.772. The molecule has 1 aliphatic heterocycles. The predicted molar refractivity (Wildman–Crippen MR) is 95.4 cm³/mol. The van der Waals surface area contributed by atoms with Crippen LogP contribution in [0.2, 0.25) is 0 Å². The highest BCUT2D eigenvalue weighted by Crippen LogP contribution is 2.19. The fourth-order valence-electron chi connectivity index (χ4n) is 3.05. The van der Waals surface area contributed by atoms with Crippen LogP contribution < -0.4 is 15.8 Å². The number of fused-ring (bicyclic) bond motifs is 1. The molecule has 0 amide bonds. The molecule has 122 valence electrons. The molecule has 6 heteroatoms. The molecule has 24 heavy (non-hydrogen) atoms. The van der Waals surface area contributed by atoms with Crippen molar-refractivity contribution in [2.24, 2.45) is 0 Å². The minimum atomic E-state index is -0.129. The third-order valence-electron chi connectivity index (χ3n) is 4.31. The second-order valence-electron chi connectivity index (χ2n) is 6.00. The van der Waals surface area contributed by atoms with E-state index in [1.807, 2.05) is 30.5 Å². The van der Waals surface area contributed by atoms with Gasteiger partial charge in [0.05, 0.1) is 10.9 Å². The van der Waals surface area contributed by atoms with Crippen LogP contribution in [0.1, 0.15) is 18.4 Å². The fraction of sp³-hybridized carbons (Fsp3) is 0.278. The normalized spacial score (nSPS) is 14.2. The molecule has 0 bridgehead atoms. The van der Waals surface area contributed by atoms with Gasteiger partial charge in [0.1, 0.15) is 5.82 Å². The van der Waals surface area contributed by atoms with Gasteiger partial charge in [-0.2, -0.15) is 0 Å². The van der Waals surface area contributed by atoms with E-state index in [9.17, 15) is 4.79 Å². The van der Waals surface area contributed by atoms with Crippen molar-refractivity contribution in [2.45, 2.75) is 19.4 Å². The van der Waals surface area contributed by atoms with Crippen LogP contribution in [-0.4, -0.2) is 28.0 Å². The molecule has 3 heterocycles. The maximum absolute atomic E-state index is 12.1. The summed E-state index contributed by atoms with van der Waals surface area (Å²) in [4.78, 5) is 26.1. The number of anilines is 2. The molecule has 0 spiro atoms. The van der Waals surface area contributed by atoms with Crippen molar-refractivity contribution >= 4 is 22.7 Å². The highest BCUT2D eigenvalue weighted by atomic mass is 16.1. The van der Waals surface area contributed by atoms with Gasteiger partial charge >= 0.3 is 0 Å². The Morgan fingerprint density at radius 1 is 1.17 bits per heavy atom.